The van der Waals surface area contributed by atoms with Crippen molar-refractivity contribution in [2.75, 3.05) is 19.6 Å². The third-order valence-corrected chi connectivity index (χ3v) is 3.31. The van der Waals surface area contributed by atoms with Crippen LogP contribution in [0.5, 0.6) is 0 Å². The van der Waals surface area contributed by atoms with Crippen LogP contribution in [0.4, 0.5) is 0 Å². The Morgan fingerprint density at radius 1 is 1.41 bits per heavy atom. The number of nitrogens with two attached hydrogens (primary N) is 1. The molecule has 0 saturated carbocycles. The fourth-order valence-corrected chi connectivity index (χ4v) is 2.24. The molecule has 0 amide bonds. The molecule has 0 spiro atoms. The number of nitrogens with zero attached hydrogens (tertiary/aromatic N) is 3. The van der Waals surface area contributed by atoms with Crippen molar-refractivity contribution in [3.05, 3.63) is 18.0 Å². The van der Waals surface area contributed by atoms with Gasteiger partial charge in [0, 0.05) is 37.9 Å². The highest BCUT2D eigenvalue weighted by atomic mass is 15.5. The Morgan fingerprint density at radius 3 is 2.76 bits per heavy atom. The molecule has 0 bridgehead atoms. The van der Waals surface area contributed by atoms with Crippen LogP contribution in [0.25, 0.3) is 0 Å². The van der Waals surface area contributed by atoms with Crippen molar-refractivity contribution < 1.29 is 0 Å². The molecular weight excluding hydrogens is 214 g/mol. The maximum Gasteiger partial charge on any atom is 0.0617 e. The normalized spacial score (nSPS) is 19.4. The highest BCUT2D eigenvalue weighted by Gasteiger charge is 2.17. The summed E-state index contributed by atoms with van der Waals surface area (Å²) in [5.74, 6) is 0. The molecule has 1 atom stereocenters. The van der Waals surface area contributed by atoms with E-state index in [9.17, 15) is 0 Å². The van der Waals surface area contributed by atoms with Gasteiger partial charge in [-0.25, -0.2) is 10.4 Å². The molecule has 1 saturated heterocycles. The van der Waals surface area contributed by atoms with E-state index in [1.807, 2.05) is 10.9 Å². The van der Waals surface area contributed by atoms with E-state index in [0.29, 0.717) is 6.54 Å². The number of rotatable bonds is 5. The van der Waals surface area contributed by atoms with Gasteiger partial charge in [-0.05, 0) is 19.8 Å². The van der Waals surface area contributed by atoms with Crippen LogP contribution in [-0.4, -0.2) is 34.4 Å². The summed E-state index contributed by atoms with van der Waals surface area (Å²) >= 11 is 0. The van der Waals surface area contributed by atoms with E-state index in [1.165, 1.54) is 24.8 Å². The predicted molar refractivity (Wildman–Crippen MR) is 68.3 cm³/mol. The van der Waals surface area contributed by atoms with Gasteiger partial charge in [0.05, 0.1) is 12.2 Å². The zero-order valence-electron chi connectivity index (χ0n) is 10.6. The third kappa shape index (κ3) is 3.28. The molecule has 5 heteroatoms. The van der Waals surface area contributed by atoms with Gasteiger partial charge in [-0.2, -0.15) is 5.10 Å². The maximum atomic E-state index is 5.85. The summed E-state index contributed by atoms with van der Waals surface area (Å²) in [6, 6.07) is 0.188. The minimum Gasteiger partial charge on any atom is -0.329 e. The topological polar surface area (TPSA) is 59.1 Å². The average Bonchev–Trinajstić information content (AvgIpc) is 2.86. The van der Waals surface area contributed by atoms with Crippen molar-refractivity contribution in [2.24, 2.45) is 5.73 Å². The Hall–Kier alpha value is -0.910. The van der Waals surface area contributed by atoms with Crippen molar-refractivity contribution in [2.45, 2.75) is 38.8 Å². The van der Waals surface area contributed by atoms with Gasteiger partial charge >= 0.3 is 0 Å². The Morgan fingerprint density at radius 2 is 2.18 bits per heavy atom. The van der Waals surface area contributed by atoms with Crippen LogP contribution in [0.15, 0.2) is 12.4 Å². The first-order valence-corrected chi connectivity index (χ1v) is 6.57. The van der Waals surface area contributed by atoms with Crippen molar-refractivity contribution in [1.29, 1.82) is 0 Å². The van der Waals surface area contributed by atoms with Crippen molar-refractivity contribution in [1.82, 2.24) is 20.2 Å². The van der Waals surface area contributed by atoms with E-state index < -0.39 is 0 Å². The lowest BCUT2D eigenvalue weighted by atomic mass is 10.1. The van der Waals surface area contributed by atoms with Gasteiger partial charge in [-0.1, -0.05) is 6.42 Å². The second-order valence-corrected chi connectivity index (χ2v) is 4.59. The second-order valence-electron chi connectivity index (χ2n) is 4.59. The van der Waals surface area contributed by atoms with Gasteiger partial charge in [-0.15, -0.1) is 0 Å². The number of hydrogen-bond acceptors (Lipinski definition) is 4. The molecule has 1 unspecified atom stereocenters. The molecule has 1 fully saturated rings. The zero-order chi connectivity index (χ0) is 12.1. The monoisotopic (exact) mass is 237 g/mol. The molecule has 1 aliphatic heterocycles. The molecule has 2 heterocycles. The van der Waals surface area contributed by atoms with Gasteiger partial charge < -0.3 is 5.73 Å². The molecule has 0 aromatic carbocycles. The van der Waals surface area contributed by atoms with E-state index >= 15 is 0 Å². The molecule has 96 valence electrons. The van der Waals surface area contributed by atoms with Crippen molar-refractivity contribution in [3.8, 4) is 0 Å². The number of hydrogen-bond donors (Lipinski definition) is 2. The molecule has 5 nitrogen and oxygen atoms in total. The first-order valence-electron chi connectivity index (χ1n) is 6.57. The van der Waals surface area contributed by atoms with Crippen molar-refractivity contribution in [3.63, 3.8) is 0 Å². The van der Waals surface area contributed by atoms with Crippen LogP contribution in [0, 0.1) is 0 Å². The predicted octanol–water partition coefficient (Wildman–Crippen LogP) is 0.893. The van der Waals surface area contributed by atoms with Crippen LogP contribution < -0.4 is 11.2 Å². The third-order valence-electron chi connectivity index (χ3n) is 3.31. The molecule has 3 N–H and O–H groups in total. The van der Waals surface area contributed by atoms with Crippen LogP contribution in [0.3, 0.4) is 0 Å². The summed E-state index contributed by atoms with van der Waals surface area (Å²) in [5.41, 5.74) is 10.5. The largest absolute Gasteiger partial charge is 0.329 e. The zero-order valence-corrected chi connectivity index (χ0v) is 10.6. The van der Waals surface area contributed by atoms with E-state index in [-0.39, 0.29) is 6.04 Å². The molecule has 17 heavy (non-hydrogen) atoms. The summed E-state index contributed by atoms with van der Waals surface area (Å²) in [6.45, 7) is 5.84. The fourth-order valence-electron chi connectivity index (χ4n) is 2.24. The lowest BCUT2D eigenvalue weighted by molar-refractivity contribution is 0.130. The van der Waals surface area contributed by atoms with Gasteiger partial charge in [0.15, 0.2) is 0 Å². The fraction of sp³-hybridized carbons (Fsp3) is 0.750. The van der Waals surface area contributed by atoms with Crippen molar-refractivity contribution >= 4 is 0 Å². The number of nitrogens with one attached hydrogen (secondary N) is 1. The van der Waals surface area contributed by atoms with Gasteiger partial charge in [0.1, 0.15) is 0 Å². The van der Waals surface area contributed by atoms with E-state index in [2.05, 4.69) is 28.7 Å². The molecule has 1 aliphatic rings. The Bertz CT molecular complexity index is 329. The quantitative estimate of drug-likeness (QED) is 0.798. The first kappa shape index (κ1) is 12.5. The Kier molecular flexibility index (Phi) is 4.53. The summed E-state index contributed by atoms with van der Waals surface area (Å²) in [6.07, 6.45) is 7.89. The second kappa shape index (κ2) is 6.14. The SMILES string of the molecule is CCn1cc(C(CN)NN2CCCCC2)cn1. The van der Waals surface area contributed by atoms with E-state index in [1.54, 1.807) is 0 Å². The Balaban J connectivity index is 1.95. The molecule has 1 aromatic rings. The molecule has 2 rings (SSSR count). The lowest BCUT2D eigenvalue weighted by Crippen LogP contribution is -2.45. The van der Waals surface area contributed by atoms with Crippen LogP contribution in [-0.2, 0) is 6.54 Å². The average molecular weight is 237 g/mol. The number of piperidine rings is 1. The summed E-state index contributed by atoms with van der Waals surface area (Å²) in [7, 11) is 0. The molecular formula is C12H23N5. The number of aryl methyl sites for hydroxylation is 1. The van der Waals surface area contributed by atoms with Gasteiger partial charge in [0.2, 0.25) is 0 Å². The van der Waals surface area contributed by atoms with E-state index in [4.69, 9.17) is 5.73 Å². The Labute approximate surface area is 103 Å². The molecule has 1 aromatic heterocycles. The van der Waals surface area contributed by atoms with Gasteiger partial charge in [0.25, 0.3) is 0 Å². The summed E-state index contributed by atoms with van der Waals surface area (Å²) in [5, 5.41) is 6.60. The standard InChI is InChI=1S/C12H23N5/c1-2-16-10-11(9-14-16)12(8-13)15-17-6-4-3-5-7-17/h9-10,12,15H,2-8,13H2,1H3. The smallest absolute Gasteiger partial charge is 0.0617 e. The molecule has 0 aliphatic carbocycles. The summed E-state index contributed by atoms with van der Waals surface area (Å²) < 4.78 is 1.94. The summed E-state index contributed by atoms with van der Waals surface area (Å²) in [4.78, 5) is 0. The van der Waals surface area contributed by atoms with Crippen LogP contribution in [0.1, 0.15) is 37.8 Å². The maximum absolute atomic E-state index is 5.85. The minimum absolute atomic E-state index is 0.188. The van der Waals surface area contributed by atoms with Crippen LogP contribution >= 0.6 is 0 Å². The van der Waals surface area contributed by atoms with E-state index in [0.717, 1.165) is 19.6 Å². The highest BCUT2D eigenvalue weighted by molar-refractivity contribution is 5.10. The number of aromatic nitrogens is 2. The lowest BCUT2D eigenvalue weighted by Gasteiger charge is -2.30. The highest BCUT2D eigenvalue weighted by Crippen LogP contribution is 2.14. The minimum atomic E-state index is 0.188. The first-order chi connectivity index (χ1) is 8.33. The number of hydrazine groups is 1. The van der Waals surface area contributed by atoms with Crippen LogP contribution in [0.2, 0.25) is 0 Å². The molecule has 0 radical (unpaired) electrons. The van der Waals surface area contributed by atoms with Gasteiger partial charge in [-0.3, -0.25) is 4.68 Å².